The average Bonchev–Trinajstić information content (AvgIpc) is 2.98. The predicted molar refractivity (Wildman–Crippen MR) is 149 cm³/mol. The highest BCUT2D eigenvalue weighted by atomic mass is 16.6. The molecule has 39 heavy (non-hydrogen) atoms. The molecule has 1 N–H and O–H groups in total. The van der Waals surface area contributed by atoms with E-state index >= 15 is 0 Å². The summed E-state index contributed by atoms with van der Waals surface area (Å²) in [7, 11) is 3.30. The zero-order valence-electron chi connectivity index (χ0n) is 22.1. The molecular weight excluding hydrogens is 496 g/mol. The summed E-state index contributed by atoms with van der Waals surface area (Å²) in [5.41, 5.74) is 8.37. The van der Waals surface area contributed by atoms with E-state index in [-0.39, 0.29) is 17.3 Å². The Hall–Kier alpha value is -4.53. The van der Waals surface area contributed by atoms with Gasteiger partial charge < -0.3 is 9.47 Å². The smallest absolute Gasteiger partial charge is 0.271 e. The second kappa shape index (κ2) is 11.1. The van der Waals surface area contributed by atoms with Crippen LogP contribution in [0.4, 0.5) is 5.69 Å². The third-order valence-electron chi connectivity index (χ3n) is 7.45. The maximum atomic E-state index is 12.5. The maximum absolute atomic E-state index is 12.5. The monoisotopic (exact) mass is 526 g/mol. The quantitative estimate of drug-likeness (QED) is 0.243. The van der Waals surface area contributed by atoms with Crippen molar-refractivity contribution in [3.63, 3.8) is 0 Å². The number of benzene rings is 3. The van der Waals surface area contributed by atoms with Gasteiger partial charge in [-0.25, -0.2) is 5.43 Å². The molecule has 1 saturated carbocycles. The molecule has 0 radical (unpaired) electrons. The number of fused-ring (bicyclic) bond motifs is 3. The van der Waals surface area contributed by atoms with E-state index in [0.717, 1.165) is 41.0 Å². The van der Waals surface area contributed by atoms with Crippen LogP contribution in [-0.4, -0.2) is 42.5 Å². The summed E-state index contributed by atoms with van der Waals surface area (Å²) in [6.45, 7) is 1.82. The maximum Gasteiger partial charge on any atom is 0.271 e. The molecule has 2 aliphatic rings. The molecule has 1 heterocycles. The minimum atomic E-state index is -0.507. The minimum absolute atomic E-state index is 0.0779. The molecule has 9 nitrogen and oxygen atoms in total. The summed E-state index contributed by atoms with van der Waals surface area (Å²) < 4.78 is 11.2. The van der Waals surface area contributed by atoms with Crippen molar-refractivity contribution in [2.45, 2.75) is 44.6 Å². The molecule has 0 bridgehead atoms. The van der Waals surface area contributed by atoms with Gasteiger partial charge in [0.15, 0.2) is 11.5 Å². The highest BCUT2D eigenvalue weighted by Crippen LogP contribution is 2.44. The third kappa shape index (κ3) is 5.25. The second-order valence-corrected chi connectivity index (χ2v) is 9.75. The standard InChI is InChI=1S/C30H30N4O5/c1-18(32-33-30(35)19-11-13-22(14-12-19)34(36)37)20-7-6-8-21(15-20)29-25-17-28(39-3)27(38-2)16-24(25)23-9-4-5-10-26(23)31-29/h6-8,11-17,23,26H,4-5,9-10H2,1-3H3,(H,33,35)/t23-,26-/m1/s1. The van der Waals surface area contributed by atoms with Crippen LogP contribution in [-0.2, 0) is 0 Å². The average molecular weight is 527 g/mol. The van der Waals surface area contributed by atoms with Crippen molar-refractivity contribution in [1.82, 2.24) is 5.43 Å². The first-order chi connectivity index (χ1) is 18.9. The van der Waals surface area contributed by atoms with Crippen LogP contribution < -0.4 is 14.9 Å². The first-order valence-electron chi connectivity index (χ1n) is 12.9. The Bertz CT molecular complexity index is 1480. The van der Waals surface area contributed by atoms with Crippen LogP contribution in [0.3, 0.4) is 0 Å². The van der Waals surface area contributed by atoms with Gasteiger partial charge in [0.25, 0.3) is 11.6 Å². The predicted octanol–water partition coefficient (Wildman–Crippen LogP) is 5.64. The number of nitrogens with zero attached hydrogens (tertiary/aromatic N) is 3. The topological polar surface area (TPSA) is 115 Å². The fourth-order valence-corrected chi connectivity index (χ4v) is 5.39. The van der Waals surface area contributed by atoms with E-state index < -0.39 is 10.8 Å². The Labute approximate surface area is 226 Å². The molecule has 0 aromatic heterocycles. The van der Waals surface area contributed by atoms with Gasteiger partial charge in [-0.05, 0) is 61.2 Å². The van der Waals surface area contributed by atoms with Crippen LogP contribution >= 0.6 is 0 Å². The molecule has 1 aliphatic heterocycles. The number of rotatable bonds is 7. The number of carbonyl (C=O) groups is 1. The van der Waals surface area contributed by atoms with Gasteiger partial charge in [0, 0.05) is 34.7 Å². The highest BCUT2D eigenvalue weighted by Gasteiger charge is 2.34. The molecule has 0 spiro atoms. The highest BCUT2D eigenvalue weighted by molar-refractivity contribution is 6.16. The molecule has 200 valence electrons. The SMILES string of the molecule is COc1cc2c(cc1OC)[C@H]1CCCC[C@H]1N=C2c1cccc(C(C)=NNC(=O)c2ccc([N+](=O)[O-])cc2)c1. The molecule has 2 atom stereocenters. The van der Waals surface area contributed by atoms with Crippen molar-refractivity contribution in [3.8, 4) is 11.5 Å². The molecule has 3 aromatic carbocycles. The van der Waals surface area contributed by atoms with Crippen molar-refractivity contribution in [1.29, 1.82) is 0 Å². The lowest BCUT2D eigenvalue weighted by molar-refractivity contribution is -0.384. The number of ether oxygens (including phenoxy) is 2. The van der Waals surface area contributed by atoms with Gasteiger partial charge in [-0.3, -0.25) is 19.9 Å². The van der Waals surface area contributed by atoms with Crippen molar-refractivity contribution in [2.75, 3.05) is 14.2 Å². The third-order valence-corrected chi connectivity index (χ3v) is 7.45. The van der Waals surface area contributed by atoms with Gasteiger partial charge in [-0.15, -0.1) is 0 Å². The first kappa shape index (κ1) is 26.1. The Morgan fingerprint density at radius 2 is 1.72 bits per heavy atom. The summed E-state index contributed by atoms with van der Waals surface area (Å²) in [6, 6.07) is 17.7. The Morgan fingerprint density at radius 3 is 2.44 bits per heavy atom. The van der Waals surface area contributed by atoms with Crippen LogP contribution in [0.1, 0.15) is 71.1 Å². The first-order valence-corrected chi connectivity index (χ1v) is 12.9. The molecule has 5 rings (SSSR count). The van der Waals surface area contributed by atoms with Gasteiger partial charge in [0.05, 0.1) is 36.6 Å². The fraction of sp³-hybridized carbons (Fsp3) is 0.300. The van der Waals surface area contributed by atoms with E-state index in [1.54, 1.807) is 14.2 Å². The molecule has 1 amide bonds. The van der Waals surface area contributed by atoms with Gasteiger partial charge in [0.1, 0.15) is 0 Å². The number of methoxy groups -OCH3 is 2. The molecule has 1 fully saturated rings. The summed E-state index contributed by atoms with van der Waals surface area (Å²) in [5, 5.41) is 15.1. The normalized spacial score (nSPS) is 18.3. The van der Waals surface area contributed by atoms with Crippen molar-refractivity contribution in [2.24, 2.45) is 10.1 Å². The molecule has 3 aromatic rings. The van der Waals surface area contributed by atoms with Crippen LogP contribution in [0.25, 0.3) is 0 Å². The van der Waals surface area contributed by atoms with Gasteiger partial charge in [-0.2, -0.15) is 5.10 Å². The lowest BCUT2D eigenvalue weighted by Crippen LogP contribution is -2.29. The molecule has 0 saturated heterocycles. The van der Waals surface area contributed by atoms with E-state index in [0.29, 0.717) is 17.4 Å². The van der Waals surface area contributed by atoms with Crippen LogP contribution in [0.2, 0.25) is 0 Å². The second-order valence-electron chi connectivity index (χ2n) is 9.75. The van der Waals surface area contributed by atoms with E-state index in [4.69, 9.17) is 14.5 Å². The number of non-ortho nitro benzene ring substituents is 1. The number of hydrogen-bond acceptors (Lipinski definition) is 7. The summed E-state index contributed by atoms with van der Waals surface area (Å²) in [5.74, 6) is 1.30. The molecule has 1 aliphatic carbocycles. The number of nitro benzene ring substituents is 1. The molecular formula is C30H30N4O5. The van der Waals surface area contributed by atoms with Crippen LogP contribution in [0, 0.1) is 10.1 Å². The van der Waals surface area contributed by atoms with Crippen molar-refractivity contribution < 1.29 is 19.2 Å². The minimum Gasteiger partial charge on any atom is -0.493 e. The summed E-state index contributed by atoms with van der Waals surface area (Å²) in [6.07, 6.45) is 4.51. The van der Waals surface area contributed by atoms with Gasteiger partial charge >= 0.3 is 0 Å². The van der Waals surface area contributed by atoms with E-state index in [1.165, 1.54) is 42.7 Å². The van der Waals surface area contributed by atoms with Crippen molar-refractivity contribution >= 4 is 23.0 Å². The van der Waals surface area contributed by atoms with E-state index in [2.05, 4.69) is 16.6 Å². The van der Waals surface area contributed by atoms with Crippen LogP contribution in [0.5, 0.6) is 11.5 Å². The number of aliphatic imine (C=N–C) groups is 1. The Balaban J connectivity index is 1.44. The Morgan fingerprint density at radius 1 is 1.00 bits per heavy atom. The number of nitrogens with one attached hydrogen (secondary N) is 1. The number of carbonyl (C=O) groups excluding carboxylic acids is 1. The number of amides is 1. The number of nitro groups is 1. The number of hydrazone groups is 1. The summed E-state index contributed by atoms with van der Waals surface area (Å²) in [4.78, 5) is 28.1. The number of hydrogen-bond donors (Lipinski definition) is 1. The lowest BCUT2D eigenvalue weighted by Gasteiger charge is -2.35. The van der Waals surface area contributed by atoms with Gasteiger partial charge in [0.2, 0.25) is 0 Å². The summed E-state index contributed by atoms with van der Waals surface area (Å²) >= 11 is 0. The van der Waals surface area contributed by atoms with E-state index in [9.17, 15) is 14.9 Å². The van der Waals surface area contributed by atoms with Crippen molar-refractivity contribution in [3.05, 3.63) is 98.6 Å². The molecule has 9 heteroatoms. The molecule has 0 unspecified atom stereocenters. The van der Waals surface area contributed by atoms with Gasteiger partial charge in [-0.1, -0.05) is 31.0 Å². The van der Waals surface area contributed by atoms with E-state index in [1.807, 2.05) is 37.3 Å². The zero-order valence-corrected chi connectivity index (χ0v) is 22.1. The lowest BCUT2D eigenvalue weighted by atomic mass is 9.75. The fourth-order valence-electron chi connectivity index (χ4n) is 5.39. The largest absolute Gasteiger partial charge is 0.493 e. The van der Waals surface area contributed by atoms with Crippen LogP contribution in [0.15, 0.2) is 70.8 Å². The zero-order chi connectivity index (χ0) is 27.5. The Kier molecular flexibility index (Phi) is 7.40.